The van der Waals surface area contributed by atoms with Crippen molar-refractivity contribution < 1.29 is 14.3 Å². The first kappa shape index (κ1) is 19.2. The molecular weight excluding hydrogens is 390 g/mol. The zero-order valence-electron chi connectivity index (χ0n) is 16.3. The molecule has 0 saturated heterocycles. The molecule has 0 aliphatic carbocycles. The zero-order chi connectivity index (χ0) is 20.6. The van der Waals surface area contributed by atoms with Crippen molar-refractivity contribution in [2.75, 3.05) is 7.11 Å². The van der Waals surface area contributed by atoms with Gasteiger partial charge in [0.1, 0.15) is 24.0 Å². The highest BCUT2D eigenvalue weighted by atomic mass is 35.5. The maximum absolute atomic E-state index is 13.5. The fourth-order valence-electron chi connectivity index (χ4n) is 3.39. The summed E-state index contributed by atoms with van der Waals surface area (Å²) in [4.78, 5) is 17.4. The van der Waals surface area contributed by atoms with Crippen LogP contribution in [0.3, 0.4) is 0 Å². The highest BCUT2D eigenvalue weighted by Gasteiger charge is 2.34. The smallest absolute Gasteiger partial charge is 0.211 e. The summed E-state index contributed by atoms with van der Waals surface area (Å²) in [5.74, 6) is 1.04. The molecule has 0 radical (unpaired) electrons. The van der Waals surface area contributed by atoms with E-state index in [0.29, 0.717) is 34.2 Å². The number of halogens is 1. The summed E-state index contributed by atoms with van der Waals surface area (Å²) in [5.41, 5.74) is 2.29. The Bertz CT molecular complexity index is 1090. The van der Waals surface area contributed by atoms with Gasteiger partial charge in [0.15, 0.2) is 11.5 Å². The second kappa shape index (κ2) is 7.37. The second-order valence-corrected chi connectivity index (χ2v) is 7.89. The lowest BCUT2D eigenvalue weighted by Gasteiger charge is -2.17. The van der Waals surface area contributed by atoms with E-state index in [2.05, 4.69) is 10.1 Å². The van der Waals surface area contributed by atoms with E-state index in [-0.39, 0.29) is 11.4 Å². The van der Waals surface area contributed by atoms with Gasteiger partial charge in [0.25, 0.3) is 0 Å². The molecule has 1 aliphatic heterocycles. The number of ether oxygens (including phenoxy) is 2. The van der Waals surface area contributed by atoms with Crippen LogP contribution in [0.15, 0.2) is 49.1 Å². The maximum Gasteiger partial charge on any atom is 0.211 e. The summed E-state index contributed by atoms with van der Waals surface area (Å²) in [6, 6.07) is 10.8. The molecule has 7 heteroatoms. The molecule has 0 fully saturated rings. The van der Waals surface area contributed by atoms with Crippen molar-refractivity contribution >= 4 is 29.2 Å². The van der Waals surface area contributed by atoms with Crippen molar-refractivity contribution in [2.45, 2.75) is 25.9 Å². The van der Waals surface area contributed by atoms with Crippen molar-refractivity contribution in [2.24, 2.45) is 0 Å². The topological polar surface area (TPSA) is 66.2 Å². The molecule has 3 aromatic rings. The standard InChI is InChI=1S/C22H20ClN3O3/c1-22(2)11-16-9-15(10-19(28-3)21(16)29-22)20(27)18(26-13-24-12-25-26)8-14-4-6-17(23)7-5-14/h4-10,12-13H,11H2,1-3H3. The molecule has 1 aliphatic rings. The van der Waals surface area contributed by atoms with Crippen LogP contribution in [-0.4, -0.2) is 33.3 Å². The predicted octanol–water partition coefficient (Wildman–Crippen LogP) is 4.53. The Kier molecular flexibility index (Phi) is 4.88. The molecule has 0 amide bonds. The number of methoxy groups -OCH3 is 1. The number of benzene rings is 2. The summed E-state index contributed by atoms with van der Waals surface area (Å²) in [6.45, 7) is 4.02. The van der Waals surface area contributed by atoms with Crippen molar-refractivity contribution in [1.29, 1.82) is 0 Å². The fraction of sp³-hybridized carbons (Fsp3) is 0.227. The van der Waals surface area contributed by atoms with E-state index in [4.69, 9.17) is 21.1 Å². The molecule has 0 spiro atoms. The summed E-state index contributed by atoms with van der Waals surface area (Å²) in [5, 5.41) is 4.78. The first-order valence-corrected chi connectivity index (χ1v) is 9.51. The van der Waals surface area contributed by atoms with Gasteiger partial charge in [0, 0.05) is 22.6 Å². The molecule has 29 heavy (non-hydrogen) atoms. The largest absolute Gasteiger partial charge is 0.493 e. The van der Waals surface area contributed by atoms with Gasteiger partial charge in [0.2, 0.25) is 5.78 Å². The SMILES string of the molecule is COc1cc(C(=O)C(=Cc2ccc(Cl)cc2)n2cncn2)cc2c1OC(C)(C)C2. The van der Waals surface area contributed by atoms with E-state index in [1.807, 2.05) is 32.0 Å². The lowest BCUT2D eigenvalue weighted by molar-refractivity contribution is 0.105. The van der Waals surface area contributed by atoms with Crippen LogP contribution in [0.4, 0.5) is 0 Å². The lowest BCUT2D eigenvalue weighted by atomic mass is 9.97. The van der Waals surface area contributed by atoms with E-state index >= 15 is 0 Å². The van der Waals surface area contributed by atoms with E-state index in [0.717, 1.165) is 11.1 Å². The van der Waals surface area contributed by atoms with Crippen LogP contribution in [0.25, 0.3) is 11.8 Å². The zero-order valence-corrected chi connectivity index (χ0v) is 17.1. The first-order valence-electron chi connectivity index (χ1n) is 9.13. The molecule has 6 nitrogen and oxygen atoms in total. The number of rotatable bonds is 5. The number of Topliss-reactive ketones (excluding diaryl/α,β-unsaturated/α-hetero) is 1. The van der Waals surface area contributed by atoms with Crippen molar-refractivity contribution in [3.05, 3.63) is 70.8 Å². The van der Waals surface area contributed by atoms with Crippen LogP contribution >= 0.6 is 11.6 Å². The van der Waals surface area contributed by atoms with Gasteiger partial charge in [0.05, 0.1) is 7.11 Å². The summed E-state index contributed by atoms with van der Waals surface area (Å²) >= 11 is 5.98. The Morgan fingerprint density at radius 2 is 2.03 bits per heavy atom. The summed E-state index contributed by atoms with van der Waals surface area (Å²) < 4.78 is 13.0. The third-order valence-electron chi connectivity index (χ3n) is 4.68. The number of hydrogen-bond acceptors (Lipinski definition) is 5. The Hall–Kier alpha value is -3.12. The van der Waals surface area contributed by atoms with E-state index < -0.39 is 0 Å². The molecule has 0 N–H and O–H groups in total. The van der Waals surface area contributed by atoms with Gasteiger partial charge >= 0.3 is 0 Å². The monoisotopic (exact) mass is 409 g/mol. The number of ketones is 1. The number of nitrogens with zero attached hydrogens (tertiary/aromatic N) is 3. The Morgan fingerprint density at radius 3 is 2.69 bits per heavy atom. The lowest BCUT2D eigenvalue weighted by Crippen LogP contribution is -2.24. The van der Waals surface area contributed by atoms with Crippen molar-refractivity contribution in [1.82, 2.24) is 14.8 Å². The van der Waals surface area contributed by atoms with E-state index in [1.54, 1.807) is 31.4 Å². The van der Waals surface area contributed by atoms with Crippen LogP contribution in [0.5, 0.6) is 11.5 Å². The van der Waals surface area contributed by atoms with E-state index in [1.165, 1.54) is 17.3 Å². The van der Waals surface area contributed by atoms with Crippen LogP contribution in [0.2, 0.25) is 5.02 Å². The third kappa shape index (κ3) is 3.89. The minimum atomic E-state index is -0.342. The number of carbonyl (C=O) groups excluding carboxylic acids is 1. The number of fused-ring (bicyclic) bond motifs is 1. The highest BCUT2D eigenvalue weighted by Crippen LogP contribution is 2.43. The number of allylic oxidation sites excluding steroid dienone is 1. The van der Waals surface area contributed by atoms with Crippen LogP contribution in [0.1, 0.15) is 35.3 Å². The first-order chi connectivity index (χ1) is 13.9. The molecule has 2 aromatic carbocycles. The number of hydrogen-bond donors (Lipinski definition) is 0. The molecule has 148 valence electrons. The minimum absolute atomic E-state index is 0.198. The average Bonchev–Trinajstić information content (AvgIpc) is 3.32. The van der Waals surface area contributed by atoms with Crippen molar-refractivity contribution in [3.8, 4) is 11.5 Å². The van der Waals surface area contributed by atoms with Crippen LogP contribution in [-0.2, 0) is 6.42 Å². The van der Waals surface area contributed by atoms with Gasteiger partial charge in [-0.05, 0) is 49.8 Å². The van der Waals surface area contributed by atoms with E-state index in [9.17, 15) is 4.79 Å². The van der Waals surface area contributed by atoms with Gasteiger partial charge in [-0.1, -0.05) is 23.7 Å². The Morgan fingerprint density at radius 1 is 1.28 bits per heavy atom. The molecule has 0 unspecified atom stereocenters. The number of aromatic nitrogens is 3. The summed E-state index contributed by atoms with van der Waals surface area (Å²) in [6.07, 6.45) is 5.34. The average molecular weight is 410 g/mol. The minimum Gasteiger partial charge on any atom is -0.493 e. The Balaban J connectivity index is 1.79. The number of carbonyl (C=O) groups is 1. The maximum atomic E-state index is 13.5. The van der Waals surface area contributed by atoms with Gasteiger partial charge in [-0.3, -0.25) is 4.79 Å². The quantitative estimate of drug-likeness (QED) is 0.457. The second-order valence-electron chi connectivity index (χ2n) is 7.46. The van der Waals surface area contributed by atoms with Gasteiger partial charge in [-0.25, -0.2) is 9.67 Å². The molecule has 1 aromatic heterocycles. The van der Waals surface area contributed by atoms with Gasteiger partial charge in [-0.2, -0.15) is 5.10 Å². The molecule has 0 saturated carbocycles. The Labute approximate surface area is 173 Å². The van der Waals surface area contributed by atoms with Gasteiger partial charge in [-0.15, -0.1) is 0 Å². The molecule has 0 atom stereocenters. The fourth-order valence-corrected chi connectivity index (χ4v) is 3.52. The predicted molar refractivity (Wildman–Crippen MR) is 111 cm³/mol. The van der Waals surface area contributed by atoms with Crippen LogP contribution in [0, 0.1) is 0 Å². The molecule has 0 bridgehead atoms. The normalized spacial score (nSPS) is 15.0. The molecular formula is C22H20ClN3O3. The molecule has 2 heterocycles. The third-order valence-corrected chi connectivity index (χ3v) is 4.93. The molecule has 4 rings (SSSR count). The summed E-state index contributed by atoms with van der Waals surface area (Å²) in [7, 11) is 1.57. The van der Waals surface area contributed by atoms with Crippen molar-refractivity contribution in [3.63, 3.8) is 0 Å². The highest BCUT2D eigenvalue weighted by molar-refractivity contribution is 6.30. The van der Waals surface area contributed by atoms with Gasteiger partial charge < -0.3 is 9.47 Å². The van der Waals surface area contributed by atoms with Crippen LogP contribution < -0.4 is 9.47 Å².